The topological polar surface area (TPSA) is 67.4 Å². The lowest BCUT2D eigenvalue weighted by Crippen LogP contribution is -2.32. The van der Waals surface area contributed by atoms with Crippen LogP contribution in [0, 0.1) is 0 Å². The molecular formula is C16H24N2O3S. The molecule has 1 aromatic carbocycles. The number of rotatable bonds is 9. The first-order chi connectivity index (χ1) is 10.5. The van der Waals surface area contributed by atoms with Crippen LogP contribution in [0.15, 0.2) is 29.2 Å². The largest absolute Gasteiger partial charge is 0.382 e. The summed E-state index contributed by atoms with van der Waals surface area (Å²) in [6.45, 7) is 7.31. The first-order valence-electron chi connectivity index (χ1n) is 7.42. The van der Waals surface area contributed by atoms with Crippen LogP contribution in [0.4, 0.5) is 5.69 Å². The molecule has 2 N–H and O–H groups in total. The molecule has 0 saturated carbocycles. The third kappa shape index (κ3) is 7.47. The Balaban J connectivity index is 2.35. The van der Waals surface area contributed by atoms with Gasteiger partial charge in [0.2, 0.25) is 11.8 Å². The van der Waals surface area contributed by atoms with Crippen molar-refractivity contribution in [1.82, 2.24) is 5.32 Å². The van der Waals surface area contributed by atoms with E-state index in [1.165, 1.54) is 18.7 Å². The van der Waals surface area contributed by atoms with Gasteiger partial charge in [0, 0.05) is 37.3 Å². The Morgan fingerprint density at radius 2 is 1.95 bits per heavy atom. The van der Waals surface area contributed by atoms with Crippen molar-refractivity contribution in [2.24, 2.45) is 0 Å². The molecule has 0 aliphatic carbocycles. The summed E-state index contributed by atoms with van der Waals surface area (Å²) in [4.78, 5) is 23.9. The van der Waals surface area contributed by atoms with Crippen molar-refractivity contribution in [2.45, 2.75) is 37.3 Å². The van der Waals surface area contributed by atoms with E-state index in [4.69, 9.17) is 4.74 Å². The smallest absolute Gasteiger partial charge is 0.233 e. The maximum Gasteiger partial charge on any atom is 0.233 e. The number of hydrogen-bond donors (Lipinski definition) is 2. The number of carbonyl (C=O) groups is 2. The first-order valence-corrected chi connectivity index (χ1v) is 8.30. The van der Waals surface area contributed by atoms with Gasteiger partial charge >= 0.3 is 0 Å². The molecule has 1 aromatic rings. The second-order valence-corrected chi connectivity index (χ2v) is 6.22. The van der Waals surface area contributed by atoms with Gasteiger partial charge in [0.25, 0.3) is 0 Å². The number of carbonyl (C=O) groups excluding carboxylic acids is 2. The summed E-state index contributed by atoms with van der Waals surface area (Å²) in [6, 6.07) is 7.45. The Morgan fingerprint density at radius 1 is 1.27 bits per heavy atom. The summed E-state index contributed by atoms with van der Waals surface area (Å²) >= 11 is 1.49. The Morgan fingerprint density at radius 3 is 2.55 bits per heavy atom. The number of benzene rings is 1. The van der Waals surface area contributed by atoms with Crippen molar-refractivity contribution >= 4 is 29.3 Å². The number of anilines is 1. The van der Waals surface area contributed by atoms with E-state index in [2.05, 4.69) is 10.6 Å². The van der Waals surface area contributed by atoms with Gasteiger partial charge in [-0.2, -0.15) is 0 Å². The second kappa shape index (κ2) is 10.2. The molecule has 0 heterocycles. The van der Waals surface area contributed by atoms with Gasteiger partial charge in [-0.05, 0) is 44.5 Å². The van der Waals surface area contributed by atoms with E-state index in [1.54, 1.807) is 0 Å². The summed E-state index contributed by atoms with van der Waals surface area (Å²) in [7, 11) is 0. The SMILES string of the molecule is CCOCCCNC(=O)C(C)Sc1ccc(NC(C)=O)cc1. The van der Waals surface area contributed by atoms with Gasteiger partial charge < -0.3 is 15.4 Å². The van der Waals surface area contributed by atoms with Crippen LogP contribution in [0.2, 0.25) is 0 Å². The van der Waals surface area contributed by atoms with Crippen LogP contribution < -0.4 is 10.6 Å². The molecule has 0 spiro atoms. The minimum Gasteiger partial charge on any atom is -0.382 e. The number of amides is 2. The molecule has 1 rings (SSSR count). The Bertz CT molecular complexity index is 477. The van der Waals surface area contributed by atoms with Gasteiger partial charge in [-0.25, -0.2) is 0 Å². The zero-order valence-corrected chi connectivity index (χ0v) is 14.2. The minimum absolute atomic E-state index is 0.0208. The van der Waals surface area contributed by atoms with Crippen molar-refractivity contribution in [3.8, 4) is 0 Å². The molecule has 2 amide bonds. The molecular weight excluding hydrogens is 300 g/mol. The van der Waals surface area contributed by atoms with Gasteiger partial charge in [0.1, 0.15) is 0 Å². The highest BCUT2D eigenvalue weighted by Crippen LogP contribution is 2.24. The highest BCUT2D eigenvalue weighted by Gasteiger charge is 2.13. The lowest BCUT2D eigenvalue weighted by Gasteiger charge is -2.12. The molecule has 0 aliphatic heterocycles. The zero-order chi connectivity index (χ0) is 16.4. The molecule has 0 fully saturated rings. The quantitative estimate of drug-likeness (QED) is 0.541. The van der Waals surface area contributed by atoms with E-state index >= 15 is 0 Å². The van der Waals surface area contributed by atoms with Crippen LogP contribution in [-0.2, 0) is 14.3 Å². The van der Waals surface area contributed by atoms with Crippen molar-refractivity contribution in [3.05, 3.63) is 24.3 Å². The van der Waals surface area contributed by atoms with Gasteiger partial charge in [-0.3, -0.25) is 9.59 Å². The fourth-order valence-corrected chi connectivity index (χ4v) is 2.64. The normalized spacial score (nSPS) is 11.8. The van der Waals surface area contributed by atoms with E-state index in [-0.39, 0.29) is 17.1 Å². The van der Waals surface area contributed by atoms with Gasteiger partial charge in [0.15, 0.2) is 0 Å². The lowest BCUT2D eigenvalue weighted by molar-refractivity contribution is -0.120. The van der Waals surface area contributed by atoms with Crippen LogP contribution in [-0.4, -0.2) is 36.8 Å². The Labute approximate surface area is 136 Å². The van der Waals surface area contributed by atoms with Gasteiger partial charge in [-0.15, -0.1) is 11.8 Å². The summed E-state index contributed by atoms with van der Waals surface area (Å²) < 4.78 is 5.22. The van der Waals surface area contributed by atoms with Crippen molar-refractivity contribution in [3.63, 3.8) is 0 Å². The summed E-state index contributed by atoms with van der Waals surface area (Å²) in [6.07, 6.45) is 0.822. The van der Waals surface area contributed by atoms with E-state index in [0.717, 1.165) is 17.0 Å². The molecule has 1 unspecified atom stereocenters. The molecule has 122 valence electrons. The van der Waals surface area contributed by atoms with Gasteiger partial charge in [0.05, 0.1) is 5.25 Å². The van der Waals surface area contributed by atoms with Crippen LogP contribution >= 0.6 is 11.8 Å². The lowest BCUT2D eigenvalue weighted by atomic mass is 10.3. The first kappa shape index (κ1) is 18.5. The van der Waals surface area contributed by atoms with E-state index in [0.29, 0.717) is 19.8 Å². The molecule has 0 bridgehead atoms. The Kier molecular flexibility index (Phi) is 8.62. The molecule has 6 heteroatoms. The predicted molar refractivity (Wildman–Crippen MR) is 90.2 cm³/mol. The molecule has 1 atom stereocenters. The predicted octanol–water partition coefficient (Wildman–Crippen LogP) is 2.67. The average molecular weight is 324 g/mol. The molecule has 0 aromatic heterocycles. The summed E-state index contributed by atoms with van der Waals surface area (Å²) in [5.41, 5.74) is 0.755. The summed E-state index contributed by atoms with van der Waals surface area (Å²) in [5, 5.41) is 5.45. The fraction of sp³-hybridized carbons (Fsp3) is 0.500. The van der Waals surface area contributed by atoms with Crippen molar-refractivity contribution in [1.29, 1.82) is 0 Å². The van der Waals surface area contributed by atoms with E-state index < -0.39 is 0 Å². The van der Waals surface area contributed by atoms with Gasteiger partial charge in [-0.1, -0.05) is 0 Å². The van der Waals surface area contributed by atoms with Crippen molar-refractivity contribution in [2.75, 3.05) is 25.1 Å². The number of hydrogen-bond acceptors (Lipinski definition) is 4. The monoisotopic (exact) mass is 324 g/mol. The second-order valence-electron chi connectivity index (χ2n) is 4.81. The highest BCUT2D eigenvalue weighted by molar-refractivity contribution is 8.00. The maximum absolute atomic E-state index is 12.0. The Hall–Kier alpha value is -1.53. The molecule has 0 radical (unpaired) electrons. The number of nitrogens with one attached hydrogen (secondary N) is 2. The minimum atomic E-state index is -0.168. The number of thioether (sulfide) groups is 1. The van der Waals surface area contributed by atoms with Crippen LogP contribution in [0.5, 0.6) is 0 Å². The van der Waals surface area contributed by atoms with Crippen LogP contribution in [0.25, 0.3) is 0 Å². The molecule has 5 nitrogen and oxygen atoms in total. The third-order valence-corrected chi connectivity index (χ3v) is 3.94. The third-order valence-electron chi connectivity index (χ3n) is 2.83. The molecule has 0 aliphatic rings. The number of ether oxygens (including phenoxy) is 1. The zero-order valence-electron chi connectivity index (χ0n) is 13.3. The van der Waals surface area contributed by atoms with Crippen LogP contribution in [0.1, 0.15) is 27.2 Å². The standard InChI is InChI=1S/C16H24N2O3S/c1-4-21-11-5-10-17-16(20)12(2)22-15-8-6-14(7-9-15)18-13(3)19/h6-9,12H,4-5,10-11H2,1-3H3,(H,17,20)(H,18,19). The summed E-state index contributed by atoms with van der Waals surface area (Å²) in [5.74, 6) is -0.0763. The fourth-order valence-electron chi connectivity index (χ4n) is 1.75. The van der Waals surface area contributed by atoms with Crippen molar-refractivity contribution < 1.29 is 14.3 Å². The van der Waals surface area contributed by atoms with E-state index in [9.17, 15) is 9.59 Å². The van der Waals surface area contributed by atoms with E-state index in [1.807, 2.05) is 38.1 Å². The average Bonchev–Trinajstić information content (AvgIpc) is 2.48. The van der Waals surface area contributed by atoms with Crippen LogP contribution in [0.3, 0.4) is 0 Å². The molecule has 0 saturated heterocycles. The highest BCUT2D eigenvalue weighted by atomic mass is 32.2. The maximum atomic E-state index is 12.0. The molecule has 22 heavy (non-hydrogen) atoms.